The fourth-order valence-electron chi connectivity index (χ4n) is 2.73. The van der Waals surface area contributed by atoms with E-state index in [-0.39, 0.29) is 0 Å². The van der Waals surface area contributed by atoms with Crippen molar-refractivity contribution >= 4 is 33.1 Å². The Hall–Kier alpha value is -2.59. The molecule has 0 amide bonds. The number of aryl methyl sites for hydroxylation is 1. The highest BCUT2D eigenvalue weighted by Gasteiger charge is 2.14. The molecule has 2 aromatic heterocycles. The number of nitrogens with zero attached hydrogens (tertiary/aromatic N) is 2. The van der Waals surface area contributed by atoms with Gasteiger partial charge in [0, 0.05) is 21.9 Å². The smallest absolute Gasteiger partial charge is 0.143 e. The highest BCUT2D eigenvalue weighted by Crippen LogP contribution is 2.32. The van der Waals surface area contributed by atoms with Crippen molar-refractivity contribution < 1.29 is 0 Å². The first kappa shape index (κ1) is 15.0. The summed E-state index contributed by atoms with van der Waals surface area (Å²) in [5, 5.41) is 3.53. The van der Waals surface area contributed by atoms with Gasteiger partial charge in [-0.1, -0.05) is 51.8 Å². The van der Waals surface area contributed by atoms with E-state index >= 15 is 0 Å². The highest BCUT2D eigenvalue weighted by atomic mass is 79.9. The Morgan fingerprint density at radius 1 is 0.958 bits per heavy atom. The first-order valence-electron chi connectivity index (χ1n) is 7.77. The number of aromatic nitrogens is 2. The number of imidazole rings is 1. The summed E-state index contributed by atoms with van der Waals surface area (Å²) in [5.74, 6) is 0.965. The maximum absolute atomic E-state index is 4.82. The van der Waals surface area contributed by atoms with Gasteiger partial charge in [-0.15, -0.1) is 0 Å². The van der Waals surface area contributed by atoms with Gasteiger partial charge in [-0.3, -0.25) is 4.40 Å². The van der Waals surface area contributed by atoms with E-state index in [0.717, 1.165) is 32.9 Å². The van der Waals surface area contributed by atoms with Crippen LogP contribution in [0.4, 0.5) is 11.5 Å². The first-order valence-corrected chi connectivity index (χ1v) is 8.57. The van der Waals surface area contributed by atoms with Crippen molar-refractivity contribution in [2.75, 3.05) is 5.32 Å². The number of benzene rings is 2. The van der Waals surface area contributed by atoms with Crippen molar-refractivity contribution in [1.29, 1.82) is 0 Å². The molecule has 118 valence electrons. The summed E-state index contributed by atoms with van der Waals surface area (Å²) in [6, 6.07) is 22.6. The molecule has 0 unspecified atom stereocenters. The minimum atomic E-state index is 0.919. The number of nitrogens with one attached hydrogen (secondary N) is 1. The predicted octanol–water partition coefficient (Wildman–Crippen LogP) is 5.82. The van der Waals surface area contributed by atoms with Gasteiger partial charge >= 0.3 is 0 Å². The molecular formula is C20H16BrN3. The Morgan fingerprint density at radius 2 is 1.79 bits per heavy atom. The van der Waals surface area contributed by atoms with Crippen LogP contribution in [0.1, 0.15) is 5.56 Å². The van der Waals surface area contributed by atoms with E-state index in [1.165, 1.54) is 5.56 Å². The van der Waals surface area contributed by atoms with Gasteiger partial charge in [-0.2, -0.15) is 0 Å². The van der Waals surface area contributed by atoms with Crippen molar-refractivity contribution in [2.45, 2.75) is 6.92 Å². The van der Waals surface area contributed by atoms with Crippen molar-refractivity contribution in [3.05, 3.63) is 83.0 Å². The normalized spacial score (nSPS) is 10.9. The molecule has 0 aliphatic heterocycles. The summed E-state index contributed by atoms with van der Waals surface area (Å²) >= 11 is 3.55. The third-order valence-electron chi connectivity index (χ3n) is 3.94. The molecule has 0 atom stereocenters. The van der Waals surface area contributed by atoms with Gasteiger partial charge in [0.2, 0.25) is 0 Å². The van der Waals surface area contributed by atoms with Crippen molar-refractivity contribution in [2.24, 2.45) is 0 Å². The van der Waals surface area contributed by atoms with E-state index in [0.29, 0.717) is 0 Å². The zero-order valence-corrected chi connectivity index (χ0v) is 14.8. The molecule has 2 aromatic carbocycles. The molecule has 4 heteroatoms. The minimum absolute atomic E-state index is 0.919. The average molecular weight is 378 g/mol. The van der Waals surface area contributed by atoms with Crippen LogP contribution in [0.25, 0.3) is 16.9 Å². The maximum Gasteiger partial charge on any atom is 0.143 e. The quantitative estimate of drug-likeness (QED) is 0.487. The lowest BCUT2D eigenvalue weighted by atomic mass is 10.1. The lowest BCUT2D eigenvalue weighted by molar-refractivity contribution is 1.18. The molecule has 0 fully saturated rings. The second kappa shape index (κ2) is 6.13. The predicted molar refractivity (Wildman–Crippen MR) is 103 cm³/mol. The summed E-state index contributed by atoms with van der Waals surface area (Å²) in [6.45, 7) is 2.09. The number of pyridine rings is 1. The molecular weight excluding hydrogens is 362 g/mol. The molecule has 0 bridgehead atoms. The summed E-state index contributed by atoms with van der Waals surface area (Å²) in [5.41, 5.74) is 5.21. The highest BCUT2D eigenvalue weighted by molar-refractivity contribution is 9.10. The van der Waals surface area contributed by atoms with Crippen molar-refractivity contribution in [1.82, 2.24) is 9.38 Å². The molecule has 1 N–H and O–H groups in total. The van der Waals surface area contributed by atoms with Gasteiger partial charge in [0.1, 0.15) is 17.2 Å². The van der Waals surface area contributed by atoms with Gasteiger partial charge in [0.15, 0.2) is 0 Å². The van der Waals surface area contributed by atoms with E-state index in [1.54, 1.807) is 0 Å². The maximum atomic E-state index is 4.82. The second-order valence-corrected chi connectivity index (χ2v) is 6.65. The lowest BCUT2D eigenvalue weighted by Crippen LogP contribution is -1.96. The molecule has 0 saturated heterocycles. The van der Waals surface area contributed by atoms with E-state index in [1.807, 2.05) is 36.5 Å². The number of halogens is 1. The molecule has 0 saturated carbocycles. The molecule has 3 nitrogen and oxygen atoms in total. The summed E-state index contributed by atoms with van der Waals surface area (Å²) in [7, 11) is 0. The SMILES string of the molecule is Cc1ccc(Nc2c(-c3cccc(Br)c3)nc3ccccn23)cc1. The fraction of sp³-hybridized carbons (Fsp3) is 0.0500. The van der Waals surface area contributed by atoms with Crippen LogP contribution in [0.5, 0.6) is 0 Å². The van der Waals surface area contributed by atoms with E-state index in [4.69, 9.17) is 4.98 Å². The topological polar surface area (TPSA) is 29.3 Å². The third-order valence-corrected chi connectivity index (χ3v) is 4.44. The Kier molecular flexibility index (Phi) is 3.82. The van der Waals surface area contributed by atoms with Gasteiger partial charge in [0.05, 0.1) is 0 Å². The van der Waals surface area contributed by atoms with Crippen LogP contribution in [-0.2, 0) is 0 Å². The lowest BCUT2D eigenvalue weighted by Gasteiger charge is -2.09. The molecule has 2 heterocycles. The summed E-state index contributed by atoms with van der Waals surface area (Å²) in [4.78, 5) is 4.82. The molecule has 24 heavy (non-hydrogen) atoms. The Morgan fingerprint density at radius 3 is 2.58 bits per heavy atom. The Labute approximate surface area is 149 Å². The zero-order valence-electron chi connectivity index (χ0n) is 13.2. The fourth-order valence-corrected chi connectivity index (χ4v) is 3.13. The number of fused-ring (bicyclic) bond motifs is 1. The zero-order chi connectivity index (χ0) is 16.5. The van der Waals surface area contributed by atoms with Crippen LogP contribution < -0.4 is 5.32 Å². The number of hydrogen-bond donors (Lipinski definition) is 1. The average Bonchev–Trinajstić information content (AvgIpc) is 2.96. The minimum Gasteiger partial charge on any atom is -0.339 e. The number of anilines is 2. The molecule has 0 radical (unpaired) electrons. The van der Waals surface area contributed by atoms with Gasteiger partial charge in [0.25, 0.3) is 0 Å². The van der Waals surface area contributed by atoms with E-state index in [9.17, 15) is 0 Å². The molecule has 0 aliphatic carbocycles. The van der Waals surface area contributed by atoms with Crippen LogP contribution in [0.15, 0.2) is 77.4 Å². The van der Waals surface area contributed by atoms with Crippen LogP contribution in [0.2, 0.25) is 0 Å². The van der Waals surface area contributed by atoms with E-state index in [2.05, 4.69) is 69.0 Å². The Bertz CT molecular complexity index is 1000. The summed E-state index contributed by atoms with van der Waals surface area (Å²) in [6.07, 6.45) is 2.03. The number of hydrogen-bond acceptors (Lipinski definition) is 2. The van der Waals surface area contributed by atoms with Crippen molar-refractivity contribution in [3.63, 3.8) is 0 Å². The largest absolute Gasteiger partial charge is 0.339 e. The van der Waals surface area contributed by atoms with Crippen LogP contribution in [0, 0.1) is 6.92 Å². The molecule has 0 aliphatic rings. The van der Waals surface area contributed by atoms with E-state index < -0.39 is 0 Å². The van der Waals surface area contributed by atoms with Gasteiger partial charge < -0.3 is 5.32 Å². The van der Waals surface area contributed by atoms with Crippen LogP contribution in [0.3, 0.4) is 0 Å². The third kappa shape index (κ3) is 2.81. The van der Waals surface area contributed by atoms with Gasteiger partial charge in [-0.25, -0.2) is 4.98 Å². The molecule has 4 rings (SSSR count). The van der Waals surface area contributed by atoms with Crippen LogP contribution >= 0.6 is 15.9 Å². The monoisotopic (exact) mass is 377 g/mol. The molecule has 4 aromatic rings. The number of rotatable bonds is 3. The standard InChI is InChI=1S/C20H16BrN3/c1-14-8-10-17(11-9-14)22-20-19(15-5-4-6-16(21)13-15)23-18-7-2-3-12-24(18)20/h2-13,22H,1H3. The van der Waals surface area contributed by atoms with Crippen molar-refractivity contribution in [3.8, 4) is 11.3 Å². The Balaban J connectivity index is 1.88. The van der Waals surface area contributed by atoms with Crippen LogP contribution in [-0.4, -0.2) is 9.38 Å². The van der Waals surface area contributed by atoms with Gasteiger partial charge in [-0.05, 0) is 43.3 Å². The summed E-state index contributed by atoms with van der Waals surface area (Å²) < 4.78 is 3.12. The molecule has 0 spiro atoms. The second-order valence-electron chi connectivity index (χ2n) is 5.74. The first-order chi connectivity index (χ1) is 11.7.